The Hall–Kier alpha value is 0.840. The van der Waals surface area contributed by atoms with Crippen LogP contribution in [0.15, 0.2) is 31.2 Å². The molecule has 0 N–H and O–H groups in total. The first-order chi connectivity index (χ1) is 6.68. The molecular formula is C9H5Br3S2. The average molecular weight is 417 g/mol. The molecule has 1 atom stereocenters. The summed E-state index contributed by atoms with van der Waals surface area (Å²) in [6.45, 7) is 0. The van der Waals surface area contributed by atoms with Gasteiger partial charge in [0.25, 0.3) is 0 Å². The Kier molecular flexibility index (Phi) is 3.87. The summed E-state index contributed by atoms with van der Waals surface area (Å²) >= 11 is 14.2. The molecule has 1 unspecified atom stereocenters. The third-order valence-electron chi connectivity index (χ3n) is 1.75. The minimum atomic E-state index is 0.291. The van der Waals surface area contributed by atoms with Gasteiger partial charge >= 0.3 is 0 Å². The lowest BCUT2D eigenvalue weighted by Crippen LogP contribution is -1.86. The molecule has 5 heteroatoms. The highest BCUT2D eigenvalue weighted by atomic mass is 79.9. The molecular weight excluding hydrogens is 412 g/mol. The van der Waals surface area contributed by atoms with Crippen molar-refractivity contribution in [1.82, 2.24) is 0 Å². The fourth-order valence-corrected chi connectivity index (χ4v) is 6.03. The van der Waals surface area contributed by atoms with Crippen LogP contribution < -0.4 is 0 Å². The number of halogens is 3. The van der Waals surface area contributed by atoms with E-state index in [1.54, 1.807) is 22.7 Å². The zero-order valence-corrected chi connectivity index (χ0v) is 13.2. The Balaban J connectivity index is 2.36. The van der Waals surface area contributed by atoms with E-state index in [0.717, 1.165) is 3.79 Å². The standard InChI is InChI=1S/C9H5Br3S2/c10-7-4-5(9(12)14-7)8(11)6-2-1-3-13-6/h1-4,8H. The molecule has 74 valence electrons. The molecule has 0 spiro atoms. The Labute approximate surface area is 116 Å². The molecule has 0 aliphatic heterocycles. The summed E-state index contributed by atoms with van der Waals surface area (Å²) in [5.74, 6) is 0. The van der Waals surface area contributed by atoms with E-state index < -0.39 is 0 Å². The molecule has 0 radical (unpaired) electrons. The normalized spacial score (nSPS) is 13.1. The van der Waals surface area contributed by atoms with Crippen LogP contribution in [-0.2, 0) is 0 Å². The molecule has 2 aromatic rings. The molecule has 14 heavy (non-hydrogen) atoms. The van der Waals surface area contributed by atoms with E-state index in [9.17, 15) is 0 Å². The van der Waals surface area contributed by atoms with Crippen LogP contribution in [0.4, 0.5) is 0 Å². The van der Waals surface area contributed by atoms with E-state index in [0.29, 0.717) is 4.83 Å². The summed E-state index contributed by atoms with van der Waals surface area (Å²) in [7, 11) is 0. The molecule has 0 aromatic carbocycles. The molecule has 2 heterocycles. The number of thiophene rings is 2. The van der Waals surface area contributed by atoms with Gasteiger partial charge in [-0.05, 0) is 54.9 Å². The zero-order valence-electron chi connectivity index (χ0n) is 6.84. The largest absolute Gasteiger partial charge is 0.147 e. The van der Waals surface area contributed by atoms with E-state index in [1.165, 1.54) is 14.2 Å². The lowest BCUT2D eigenvalue weighted by atomic mass is 10.2. The summed E-state index contributed by atoms with van der Waals surface area (Å²) in [5, 5.41) is 2.10. The third-order valence-corrected chi connectivity index (χ3v) is 6.36. The van der Waals surface area contributed by atoms with Gasteiger partial charge < -0.3 is 0 Å². The van der Waals surface area contributed by atoms with Crippen LogP contribution in [0, 0.1) is 0 Å². The molecule has 0 saturated heterocycles. The summed E-state index contributed by atoms with van der Waals surface area (Å²) in [4.78, 5) is 1.62. The van der Waals surface area contributed by atoms with Crippen LogP contribution in [0.2, 0.25) is 0 Å². The molecule has 0 aliphatic rings. The van der Waals surface area contributed by atoms with Crippen molar-refractivity contribution < 1.29 is 0 Å². The van der Waals surface area contributed by atoms with Crippen molar-refractivity contribution in [2.45, 2.75) is 4.83 Å². The lowest BCUT2D eigenvalue weighted by molar-refractivity contribution is 1.23. The van der Waals surface area contributed by atoms with Crippen molar-refractivity contribution in [3.8, 4) is 0 Å². The predicted octanol–water partition coefficient (Wildman–Crippen LogP) is 5.82. The van der Waals surface area contributed by atoms with E-state index in [4.69, 9.17) is 0 Å². The number of hydrogen-bond donors (Lipinski definition) is 0. The second kappa shape index (κ2) is 4.78. The van der Waals surface area contributed by atoms with E-state index in [-0.39, 0.29) is 0 Å². The first-order valence-corrected chi connectivity index (χ1v) is 8.00. The van der Waals surface area contributed by atoms with Crippen LogP contribution in [0.3, 0.4) is 0 Å². The monoisotopic (exact) mass is 414 g/mol. The Morgan fingerprint density at radius 2 is 2.07 bits per heavy atom. The van der Waals surface area contributed by atoms with Gasteiger partial charge in [0.15, 0.2) is 0 Å². The average Bonchev–Trinajstić information content (AvgIpc) is 2.73. The smallest absolute Gasteiger partial charge is 0.0757 e. The quantitative estimate of drug-likeness (QED) is 0.541. The predicted molar refractivity (Wildman–Crippen MR) is 74.8 cm³/mol. The Morgan fingerprint density at radius 3 is 2.57 bits per heavy atom. The van der Waals surface area contributed by atoms with Gasteiger partial charge in [0.2, 0.25) is 0 Å². The highest BCUT2D eigenvalue weighted by molar-refractivity contribution is 9.12. The van der Waals surface area contributed by atoms with Gasteiger partial charge in [-0.2, -0.15) is 0 Å². The lowest BCUT2D eigenvalue weighted by Gasteiger charge is -2.05. The third kappa shape index (κ3) is 2.32. The van der Waals surface area contributed by atoms with Crippen LogP contribution in [-0.4, -0.2) is 0 Å². The van der Waals surface area contributed by atoms with Gasteiger partial charge in [-0.25, -0.2) is 0 Å². The van der Waals surface area contributed by atoms with Crippen molar-refractivity contribution in [3.05, 3.63) is 41.6 Å². The van der Waals surface area contributed by atoms with Crippen molar-refractivity contribution in [3.63, 3.8) is 0 Å². The molecule has 0 saturated carbocycles. The highest BCUT2D eigenvalue weighted by Crippen LogP contribution is 2.42. The van der Waals surface area contributed by atoms with Gasteiger partial charge in [0.05, 0.1) is 12.4 Å². The summed E-state index contributed by atoms with van der Waals surface area (Å²) in [6.07, 6.45) is 0. The Bertz CT molecular complexity index is 419. The number of alkyl halides is 1. The van der Waals surface area contributed by atoms with Gasteiger partial charge in [-0.1, -0.05) is 22.0 Å². The molecule has 2 rings (SSSR count). The van der Waals surface area contributed by atoms with Gasteiger partial charge in [0.1, 0.15) is 0 Å². The van der Waals surface area contributed by atoms with Gasteiger partial charge in [-0.3, -0.25) is 0 Å². The minimum absolute atomic E-state index is 0.291. The van der Waals surface area contributed by atoms with E-state index >= 15 is 0 Å². The zero-order chi connectivity index (χ0) is 10.1. The SMILES string of the molecule is Brc1cc(C(Br)c2cccs2)c(Br)s1. The summed E-state index contributed by atoms with van der Waals surface area (Å²) in [5.41, 5.74) is 1.28. The fourth-order valence-electron chi connectivity index (χ4n) is 1.11. The fraction of sp³-hybridized carbons (Fsp3) is 0.111. The van der Waals surface area contributed by atoms with Gasteiger partial charge in [0, 0.05) is 4.88 Å². The van der Waals surface area contributed by atoms with Crippen molar-refractivity contribution in [2.75, 3.05) is 0 Å². The van der Waals surface area contributed by atoms with E-state index in [2.05, 4.69) is 71.4 Å². The second-order valence-corrected chi connectivity index (χ2v) is 8.30. The van der Waals surface area contributed by atoms with Gasteiger partial charge in [-0.15, -0.1) is 22.7 Å². The first-order valence-electron chi connectivity index (χ1n) is 3.80. The number of rotatable bonds is 2. The van der Waals surface area contributed by atoms with E-state index in [1.807, 2.05) is 0 Å². The molecule has 0 nitrogen and oxygen atoms in total. The van der Waals surface area contributed by atoms with Crippen molar-refractivity contribution >= 4 is 70.5 Å². The van der Waals surface area contributed by atoms with Crippen LogP contribution in [0.1, 0.15) is 15.3 Å². The first kappa shape index (κ1) is 11.3. The maximum atomic E-state index is 3.70. The van der Waals surface area contributed by atoms with Crippen LogP contribution >= 0.6 is 70.5 Å². The summed E-state index contributed by atoms with van der Waals surface area (Å²) < 4.78 is 2.33. The minimum Gasteiger partial charge on any atom is -0.147 e. The summed E-state index contributed by atoms with van der Waals surface area (Å²) in [6, 6.07) is 6.36. The second-order valence-electron chi connectivity index (χ2n) is 2.66. The molecule has 2 aromatic heterocycles. The van der Waals surface area contributed by atoms with Crippen molar-refractivity contribution in [1.29, 1.82) is 0 Å². The maximum Gasteiger partial charge on any atom is 0.0757 e. The molecule has 0 amide bonds. The molecule has 0 bridgehead atoms. The Morgan fingerprint density at radius 1 is 1.29 bits per heavy atom. The van der Waals surface area contributed by atoms with Crippen molar-refractivity contribution in [2.24, 2.45) is 0 Å². The van der Waals surface area contributed by atoms with Crippen LogP contribution in [0.25, 0.3) is 0 Å². The number of hydrogen-bond acceptors (Lipinski definition) is 2. The molecule has 0 aliphatic carbocycles. The molecule has 0 fully saturated rings. The highest BCUT2D eigenvalue weighted by Gasteiger charge is 2.16. The topological polar surface area (TPSA) is 0 Å². The maximum absolute atomic E-state index is 3.70. The van der Waals surface area contributed by atoms with Crippen LogP contribution in [0.5, 0.6) is 0 Å².